The molecule has 0 unspecified atom stereocenters. The third-order valence-corrected chi connectivity index (χ3v) is 8.00. The third-order valence-electron chi connectivity index (χ3n) is 5.28. The third kappa shape index (κ3) is 4.26. The summed E-state index contributed by atoms with van der Waals surface area (Å²) in [5, 5.41) is 14.7. The van der Waals surface area contributed by atoms with Crippen molar-refractivity contribution in [3.05, 3.63) is 39.9 Å². The Morgan fingerprint density at radius 1 is 1.07 bits per heavy atom. The van der Waals surface area contributed by atoms with E-state index in [1.807, 2.05) is 10.3 Å². The molecule has 30 heavy (non-hydrogen) atoms. The SMILES string of the molecule is O=[N+]([O-])c1cc(S(=O)(=O)N2CCOCC2)ccc1N1CCCN(c2nccs2)CC1. The van der Waals surface area contributed by atoms with E-state index >= 15 is 0 Å². The molecule has 0 saturated carbocycles. The van der Waals surface area contributed by atoms with E-state index in [0.29, 0.717) is 38.5 Å². The van der Waals surface area contributed by atoms with Gasteiger partial charge in [0.1, 0.15) is 5.69 Å². The molecule has 12 heteroatoms. The fourth-order valence-electron chi connectivity index (χ4n) is 3.74. The van der Waals surface area contributed by atoms with Gasteiger partial charge in [-0.05, 0) is 18.6 Å². The molecular weight excluding hydrogens is 430 g/mol. The normalized spacial score (nSPS) is 18.9. The van der Waals surface area contributed by atoms with Gasteiger partial charge in [0.25, 0.3) is 5.69 Å². The van der Waals surface area contributed by atoms with E-state index in [1.165, 1.54) is 16.4 Å². The van der Waals surface area contributed by atoms with Crippen LogP contribution < -0.4 is 9.80 Å². The first-order chi connectivity index (χ1) is 14.5. The van der Waals surface area contributed by atoms with Gasteiger partial charge in [0, 0.05) is 56.9 Å². The molecule has 0 atom stereocenters. The largest absolute Gasteiger partial charge is 0.379 e. The number of hydrogen-bond donors (Lipinski definition) is 0. The number of anilines is 2. The number of aromatic nitrogens is 1. The lowest BCUT2D eigenvalue weighted by Crippen LogP contribution is -2.40. The van der Waals surface area contributed by atoms with E-state index in [9.17, 15) is 18.5 Å². The van der Waals surface area contributed by atoms with Crippen LogP contribution in [0.1, 0.15) is 6.42 Å². The van der Waals surface area contributed by atoms with Crippen LogP contribution in [0.25, 0.3) is 0 Å². The van der Waals surface area contributed by atoms with Gasteiger partial charge in [-0.15, -0.1) is 11.3 Å². The van der Waals surface area contributed by atoms with Crippen molar-refractivity contribution in [2.24, 2.45) is 0 Å². The maximum Gasteiger partial charge on any atom is 0.293 e. The van der Waals surface area contributed by atoms with Crippen molar-refractivity contribution in [2.45, 2.75) is 11.3 Å². The Bertz CT molecular complexity index is 992. The summed E-state index contributed by atoms with van der Waals surface area (Å²) in [4.78, 5) is 19.7. The number of nitro benzene ring substituents is 1. The Balaban J connectivity index is 1.58. The minimum atomic E-state index is -3.80. The van der Waals surface area contributed by atoms with Crippen LogP contribution in [0.4, 0.5) is 16.5 Å². The summed E-state index contributed by atoms with van der Waals surface area (Å²) in [6, 6.07) is 4.21. The van der Waals surface area contributed by atoms with Crippen LogP contribution in [0.5, 0.6) is 0 Å². The summed E-state index contributed by atoms with van der Waals surface area (Å²) in [5.74, 6) is 0. The summed E-state index contributed by atoms with van der Waals surface area (Å²) < 4.78 is 32.3. The van der Waals surface area contributed by atoms with Crippen LogP contribution in [-0.4, -0.2) is 75.1 Å². The van der Waals surface area contributed by atoms with Gasteiger partial charge in [0.2, 0.25) is 10.0 Å². The first kappa shape index (κ1) is 21.0. The quantitative estimate of drug-likeness (QED) is 0.498. The molecule has 162 valence electrons. The van der Waals surface area contributed by atoms with E-state index in [1.54, 1.807) is 23.6 Å². The van der Waals surface area contributed by atoms with Crippen molar-refractivity contribution in [3.63, 3.8) is 0 Å². The zero-order valence-corrected chi connectivity index (χ0v) is 18.0. The predicted octanol–water partition coefficient (Wildman–Crippen LogP) is 1.79. The molecule has 2 aromatic rings. The highest BCUT2D eigenvalue weighted by Crippen LogP contribution is 2.33. The summed E-state index contributed by atoms with van der Waals surface area (Å²) in [7, 11) is -3.80. The fraction of sp³-hybridized carbons (Fsp3) is 0.500. The summed E-state index contributed by atoms with van der Waals surface area (Å²) in [6.07, 6.45) is 2.59. The van der Waals surface area contributed by atoms with E-state index in [2.05, 4.69) is 9.88 Å². The molecule has 2 aliphatic heterocycles. The minimum absolute atomic E-state index is 0.0564. The second-order valence-corrected chi connectivity index (χ2v) is 9.88. The molecule has 0 spiro atoms. The number of sulfonamides is 1. The molecule has 4 rings (SSSR count). The Morgan fingerprint density at radius 2 is 1.80 bits per heavy atom. The molecule has 1 aromatic carbocycles. The van der Waals surface area contributed by atoms with Crippen LogP contribution >= 0.6 is 11.3 Å². The lowest BCUT2D eigenvalue weighted by Gasteiger charge is -2.27. The molecule has 2 saturated heterocycles. The van der Waals surface area contributed by atoms with Gasteiger partial charge in [-0.2, -0.15) is 4.31 Å². The van der Waals surface area contributed by atoms with Crippen LogP contribution in [-0.2, 0) is 14.8 Å². The topological polar surface area (TPSA) is 109 Å². The van der Waals surface area contributed by atoms with Crippen molar-refractivity contribution < 1.29 is 18.1 Å². The zero-order chi connectivity index (χ0) is 21.1. The number of ether oxygens (including phenoxy) is 1. The Morgan fingerprint density at radius 3 is 2.50 bits per heavy atom. The monoisotopic (exact) mass is 453 g/mol. The minimum Gasteiger partial charge on any atom is -0.379 e. The van der Waals surface area contributed by atoms with Gasteiger partial charge < -0.3 is 14.5 Å². The molecule has 0 bridgehead atoms. The second kappa shape index (κ2) is 8.84. The Hall–Kier alpha value is -2.28. The van der Waals surface area contributed by atoms with E-state index in [4.69, 9.17) is 4.74 Å². The molecule has 0 amide bonds. The van der Waals surface area contributed by atoms with Crippen LogP contribution in [0.2, 0.25) is 0 Å². The van der Waals surface area contributed by atoms with Gasteiger partial charge in [-0.1, -0.05) is 0 Å². The highest BCUT2D eigenvalue weighted by Gasteiger charge is 2.30. The number of rotatable bonds is 5. The Kier molecular flexibility index (Phi) is 6.18. The van der Waals surface area contributed by atoms with Crippen molar-refractivity contribution >= 4 is 37.9 Å². The van der Waals surface area contributed by atoms with Crippen LogP contribution in [0.15, 0.2) is 34.7 Å². The number of benzene rings is 1. The van der Waals surface area contributed by atoms with E-state index in [-0.39, 0.29) is 23.7 Å². The summed E-state index contributed by atoms with van der Waals surface area (Å²) in [6.45, 7) is 3.90. The standard InChI is InChI=1S/C18H23N5O5S2/c24-23(25)17-14-15(30(26,27)22-9-11-28-12-10-22)2-3-16(17)20-5-1-6-21(8-7-20)18-19-4-13-29-18/h2-4,13-14H,1,5-12H2. The molecule has 1 aromatic heterocycles. The van der Waals surface area contributed by atoms with Gasteiger partial charge in [-0.3, -0.25) is 10.1 Å². The average molecular weight is 454 g/mol. The maximum absolute atomic E-state index is 12.9. The highest BCUT2D eigenvalue weighted by molar-refractivity contribution is 7.89. The Labute approximate surface area is 178 Å². The number of hydrogen-bond acceptors (Lipinski definition) is 9. The van der Waals surface area contributed by atoms with E-state index in [0.717, 1.165) is 18.1 Å². The van der Waals surface area contributed by atoms with Crippen LogP contribution in [0.3, 0.4) is 0 Å². The van der Waals surface area contributed by atoms with Gasteiger partial charge in [0.15, 0.2) is 5.13 Å². The maximum atomic E-state index is 12.9. The number of morpholine rings is 1. The summed E-state index contributed by atoms with van der Waals surface area (Å²) >= 11 is 1.57. The molecule has 2 aliphatic rings. The number of nitro groups is 1. The number of thiazole rings is 1. The first-order valence-corrected chi connectivity index (χ1v) is 12.0. The molecule has 3 heterocycles. The molecular formula is C18H23N5O5S2. The lowest BCUT2D eigenvalue weighted by molar-refractivity contribution is -0.384. The van der Waals surface area contributed by atoms with Crippen molar-refractivity contribution in [2.75, 3.05) is 62.3 Å². The zero-order valence-electron chi connectivity index (χ0n) is 16.3. The van der Waals surface area contributed by atoms with Gasteiger partial charge >= 0.3 is 0 Å². The highest BCUT2D eigenvalue weighted by atomic mass is 32.2. The summed E-state index contributed by atoms with van der Waals surface area (Å²) in [5.41, 5.74) is 0.258. The molecule has 0 radical (unpaired) electrons. The van der Waals surface area contributed by atoms with Crippen molar-refractivity contribution in [3.8, 4) is 0 Å². The molecule has 10 nitrogen and oxygen atoms in total. The smallest absolute Gasteiger partial charge is 0.293 e. The van der Waals surface area contributed by atoms with Gasteiger partial charge in [-0.25, -0.2) is 13.4 Å². The molecule has 0 aliphatic carbocycles. The fourth-order valence-corrected chi connectivity index (χ4v) is 5.86. The van der Waals surface area contributed by atoms with Crippen LogP contribution in [0, 0.1) is 10.1 Å². The van der Waals surface area contributed by atoms with Crippen molar-refractivity contribution in [1.29, 1.82) is 0 Å². The molecule has 0 N–H and O–H groups in total. The predicted molar refractivity (Wildman–Crippen MR) is 114 cm³/mol. The lowest BCUT2D eigenvalue weighted by atomic mass is 10.2. The number of nitrogens with zero attached hydrogens (tertiary/aromatic N) is 5. The first-order valence-electron chi connectivity index (χ1n) is 9.72. The van der Waals surface area contributed by atoms with Gasteiger partial charge in [0.05, 0.1) is 23.0 Å². The average Bonchev–Trinajstić information content (AvgIpc) is 3.19. The van der Waals surface area contributed by atoms with E-state index < -0.39 is 14.9 Å². The second-order valence-electron chi connectivity index (χ2n) is 7.07. The van der Waals surface area contributed by atoms with Crippen molar-refractivity contribution in [1.82, 2.24) is 9.29 Å². The molecule has 2 fully saturated rings.